The maximum atomic E-state index is 10.7. The first-order valence-corrected chi connectivity index (χ1v) is 6.94. The number of esters is 4. The van der Waals surface area contributed by atoms with E-state index in [1.807, 2.05) is 0 Å². The molecular weight excluding hydrogens is 320 g/mol. The lowest BCUT2D eigenvalue weighted by molar-refractivity contribution is -0.147. The molecule has 0 spiro atoms. The van der Waals surface area contributed by atoms with Gasteiger partial charge in [0.05, 0.1) is 27.1 Å². The van der Waals surface area contributed by atoms with Crippen molar-refractivity contribution in [3.05, 3.63) is 24.3 Å². The maximum absolute atomic E-state index is 10.7. The average molecular weight is 344 g/mol. The van der Waals surface area contributed by atoms with E-state index in [2.05, 4.69) is 32.1 Å². The van der Waals surface area contributed by atoms with Crippen LogP contribution in [0.4, 0.5) is 0 Å². The van der Waals surface area contributed by atoms with Gasteiger partial charge in [-0.15, -0.1) is 0 Å². The summed E-state index contributed by atoms with van der Waals surface area (Å²) in [5, 5.41) is 0. The molecule has 0 atom stereocenters. The molecule has 0 amide bonds. The molecule has 0 fully saturated rings. The highest BCUT2D eigenvalue weighted by Gasteiger charge is 2.06. The summed E-state index contributed by atoms with van der Waals surface area (Å²) >= 11 is 0. The molecule has 136 valence electrons. The molecule has 0 unspecified atom stereocenters. The number of carbonyl (C=O) groups excluding carboxylic acids is 4. The van der Waals surface area contributed by atoms with Crippen LogP contribution in [0.5, 0.6) is 0 Å². The SMILES string of the molecule is C=C(C)C(=O)OCCC(=O)OC.C=C(C)C(=O)OCCC(=O)OC. The Hall–Kier alpha value is -2.64. The number of carbonyl (C=O) groups is 4. The minimum atomic E-state index is -0.487. The Morgan fingerprint density at radius 1 is 0.708 bits per heavy atom. The summed E-state index contributed by atoms with van der Waals surface area (Å²) in [6.45, 7) is 9.93. The van der Waals surface area contributed by atoms with E-state index < -0.39 is 23.9 Å². The summed E-state index contributed by atoms with van der Waals surface area (Å²) in [4.78, 5) is 42.5. The molecule has 0 rings (SSSR count). The molecule has 0 saturated heterocycles. The first-order valence-electron chi connectivity index (χ1n) is 6.94. The topological polar surface area (TPSA) is 105 Å². The summed E-state index contributed by atoms with van der Waals surface area (Å²) in [6, 6.07) is 0. The van der Waals surface area contributed by atoms with Crippen LogP contribution in [0.3, 0.4) is 0 Å². The van der Waals surface area contributed by atoms with Crippen molar-refractivity contribution in [2.75, 3.05) is 27.4 Å². The van der Waals surface area contributed by atoms with Gasteiger partial charge in [0.25, 0.3) is 0 Å². The molecule has 0 aromatic carbocycles. The number of methoxy groups -OCH3 is 2. The third-order valence-corrected chi connectivity index (χ3v) is 2.23. The summed E-state index contributed by atoms with van der Waals surface area (Å²) in [6.07, 6.45) is 0.158. The second kappa shape index (κ2) is 14.0. The van der Waals surface area contributed by atoms with E-state index in [9.17, 15) is 19.2 Å². The van der Waals surface area contributed by atoms with Gasteiger partial charge in [-0.3, -0.25) is 9.59 Å². The lowest BCUT2D eigenvalue weighted by atomic mass is 10.4. The van der Waals surface area contributed by atoms with Gasteiger partial charge in [-0.2, -0.15) is 0 Å². The molecule has 0 heterocycles. The van der Waals surface area contributed by atoms with Gasteiger partial charge in [0, 0.05) is 11.1 Å². The Kier molecular flexibility index (Phi) is 13.8. The zero-order chi connectivity index (χ0) is 19.1. The van der Waals surface area contributed by atoms with Crippen molar-refractivity contribution in [3.63, 3.8) is 0 Å². The summed E-state index contributed by atoms with van der Waals surface area (Å²) in [7, 11) is 2.56. The largest absolute Gasteiger partial charge is 0.469 e. The maximum Gasteiger partial charge on any atom is 0.333 e. The molecule has 8 nitrogen and oxygen atoms in total. The summed E-state index contributed by atoms with van der Waals surface area (Å²) in [5.41, 5.74) is 0.639. The Morgan fingerprint density at radius 3 is 1.21 bits per heavy atom. The van der Waals surface area contributed by atoms with Gasteiger partial charge < -0.3 is 18.9 Å². The van der Waals surface area contributed by atoms with Crippen LogP contribution in [0.2, 0.25) is 0 Å². The number of hydrogen-bond acceptors (Lipinski definition) is 8. The van der Waals surface area contributed by atoms with Crippen LogP contribution in [0.15, 0.2) is 24.3 Å². The first kappa shape index (κ1) is 23.6. The van der Waals surface area contributed by atoms with Gasteiger partial charge in [0.1, 0.15) is 13.2 Å². The van der Waals surface area contributed by atoms with Gasteiger partial charge in [0.2, 0.25) is 0 Å². The van der Waals surface area contributed by atoms with Gasteiger partial charge in [0.15, 0.2) is 0 Å². The van der Waals surface area contributed by atoms with Crippen molar-refractivity contribution in [1.82, 2.24) is 0 Å². The molecule has 0 aromatic heterocycles. The van der Waals surface area contributed by atoms with Crippen LogP contribution in [0, 0.1) is 0 Å². The van der Waals surface area contributed by atoms with Gasteiger partial charge in [-0.1, -0.05) is 13.2 Å². The van der Waals surface area contributed by atoms with Gasteiger partial charge >= 0.3 is 23.9 Å². The zero-order valence-electron chi connectivity index (χ0n) is 14.5. The van der Waals surface area contributed by atoms with Crippen molar-refractivity contribution in [1.29, 1.82) is 0 Å². The Bertz CT molecular complexity index is 434. The quantitative estimate of drug-likeness (QED) is 0.369. The normalized spacial score (nSPS) is 8.83. The third-order valence-electron chi connectivity index (χ3n) is 2.23. The Balaban J connectivity index is 0. The molecule has 24 heavy (non-hydrogen) atoms. The van der Waals surface area contributed by atoms with Crippen molar-refractivity contribution in [2.24, 2.45) is 0 Å². The van der Waals surface area contributed by atoms with Crippen LogP contribution in [0.1, 0.15) is 26.7 Å². The highest BCUT2D eigenvalue weighted by atomic mass is 16.5. The molecule has 0 radical (unpaired) electrons. The average Bonchev–Trinajstić information content (AvgIpc) is 2.54. The van der Waals surface area contributed by atoms with E-state index >= 15 is 0 Å². The molecule has 0 aliphatic heterocycles. The Morgan fingerprint density at radius 2 is 1.00 bits per heavy atom. The van der Waals surface area contributed by atoms with Gasteiger partial charge in [-0.25, -0.2) is 9.59 Å². The van der Waals surface area contributed by atoms with Crippen molar-refractivity contribution < 1.29 is 38.1 Å². The fourth-order valence-electron chi connectivity index (χ4n) is 0.905. The lowest BCUT2D eigenvalue weighted by Crippen LogP contribution is -2.10. The second-order valence-corrected chi connectivity index (χ2v) is 4.48. The molecular formula is C16H24O8. The Labute approximate surface area is 141 Å². The van der Waals surface area contributed by atoms with Crippen LogP contribution in [-0.2, 0) is 38.1 Å². The zero-order valence-corrected chi connectivity index (χ0v) is 14.5. The van der Waals surface area contributed by atoms with E-state index in [0.29, 0.717) is 11.1 Å². The lowest BCUT2D eigenvalue weighted by Gasteiger charge is -2.02. The van der Waals surface area contributed by atoms with E-state index in [4.69, 9.17) is 0 Å². The standard InChI is InChI=1S/2C8H12O4/c2*1-6(2)8(10)12-5-4-7(9)11-3/h2*1,4-5H2,2-3H3. The van der Waals surface area contributed by atoms with Crippen molar-refractivity contribution in [2.45, 2.75) is 26.7 Å². The molecule has 0 aliphatic carbocycles. The van der Waals surface area contributed by atoms with Crippen molar-refractivity contribution in [3.8, 4) is 0 Å². The van der Waals surface area contributed by atoms with E-state index in [-0.39, 0.29) is 26.1 Å². The molecule has 0 aromatic rings. The predicted octanol–water partition coefficient (Wildman–Crippen LogP) is 1.34. The number of rotatable bonds is 8. The summed E-state index contributed by atoms with van der Waals surface area (Å²) < 4.78 is 18.0. The van der Waals surface area contributed by atoms with Crippen LogP contribution < -0.4 is 0 Å². The molecule has 0 N–H and O–H groups in total. The third kappa shape index (κ3) is 14.3. The molecule has 0 saturated carbocycles. The minimum Gasteiger partial charge on any atom is -0.469 e. The van der Waals surface area contributed by atoms with Crippen LogP contribution in [-0.4, -0.2) is 51.3 Å². The molecule has 0 aliphatic rings. The smallest absolute Gasteiger partial charge is 0.333 e. The first-order chi connectivity index (χ1) is 11.1. The molecule has 0 bridgehead atoms. The summed E-state index contributed by atoms with van der Waals surface area (Å²) in [5.74, 6) is -1.77. The van der Waals surface area contributed by atoms with Crippen LogP contribution >= 0.6 is 0 Å². The molecule has 8 heteroatoms. The second-order valence-electron chi connectivity index (χ2n) is 4.48. The van der Waals surface area contributed by atoms with E-state index in [0.717, 1.165) is 0 Å². The van der Waals surface area contributed by atoms with Crippen molar-refractivity contribution >= 4 is 23.9 Å². The predicted molar refractivity (Wildman–Crippen MR) is 84.8 cm³/mol. The highest BCUT2D eigenvalue weighted by Crippen LogP contribution is 1.94. The van der Waals surface area contributed by atoms with Crippen LogP contribution in [0.25, 0.3) is 0 Å². The fourth-order valence-corrected chi connectivity index (χ4v) is 0.905. The monoisotopic (exact) mass is 344 g/mol. The fraction of sp³-hybridized carbons (Fsp3) is 0.500. The number of ether oxygens (including phenoxy) is 4. The van der Waals surface area contributed by atoms with E-state index in [1.165, 1.54) is 14.2 Å². The highest BCUT2D eigenvalue weighted by molar-refractivity contribution is 5.87. The minimum absolute atomic E-state index is 0.0400. The van der Waals surface area contributed by atoms with Gasteiger partial charge in [-0.05, 0) is 13.8 Å². The van der Waals surface area contributed by atoms with E-state index in [1.54, 1.807) is 13.8 Å². The number of hydrogen-bond donors (Lipinski definition) is 0.